The molecule has 1 aliphatic heterocycles. The SMILES string of the molecule is CC1CN(C)C(C)CC1=NOc1ccccc1[N+](=O)[O-].[Cl-]. The van der Waals surface area contributed by atoms with E-state index in [9.17, 15) is 10.1 Å². The Morgan fingerprint density at radius 1 is 1.38 bits per heavy atom. The van der Waals surface area contributed by atoms with Crippen LogP contribution in [0.15, 0.2) is 29.4 Å². The number of hydrogen-bond acceptors (Lipinski definition) is 5. The van der Waals surface area contributed by atoms with Crippen molar-refractivity contribution in [1.29, 1.82) is 0 Å². The van der Waals surface area contributed by atoms with Gasteiger partial charge in [0.25, 0.3) is 0 Å². The van der Waals surface area contributed by atoms with E-state index in [1.807, 2.05) is 0 Å². The lowest BCUT2D eigenvalue weighted by molar-refractivity contribution is -0.385. The number of para-hydroxylation sites is 2. The van der Waals surface area contributed by atoms with Gasteiger partial charge in [0.05, 0.1) is 10.6 Å². The quantitative estimate of drug-likeness (QED) is 0.567. The van der Waals surface area contributed by atoms with Gasteiger partial charge >= 0.3 is 5.69 Å². The highest BCUT2D eigenvalue weighted by molar-refractivity contribution is 5.87. The molecule has 21 heavy (non-hydrogen) atoms. The first-order valence-electron chi connectivity index (χ1n) is 6.66. The van der Waals surface area contributed by atoms with E-state index in [2.05, 4.69) is 31.0 Å². The Morgan fingerprint density at radius 3 is 2.71 bits per heavy atom. The summed E-state index contributed by atoms with van der Waals surface area (Å²) < 4.78 is 0. The Balaban J connectivity index is 0.00000220. The monoisotopic (exact) mass is 312 g/mol. The van der Waals surface area contributed by atoms with Crippen LogP contribution in [0.5, 0.6) is 5.75 Å². The van der Waals surface area contributed by atoms with Crippen molar-refractivity contribution >= 4 is 11.4 Å². The van der Waals surface area contributed by atoms with E-state index in [1.54, 1.807) is 18.2 Å². The lowest BCUT2D eigenvalue weighted by Gasteiger charge is -2.34. The van der Waals surface area contributed by atoms with Gasteiger partial charge in [-0.15, -0.1) is 0 Å². The third kappa shape index (κ3) is 4.15. The average molecular weight is 313 g/mol. The molecule has 2 atom stereocenters. The van der Waals surface area contributed by atoms with Crippen LogP contribution in [-0.2, 0) is 0 Å². The number of benzene rings is 1. The number of nitro benzene ring substituents is 1. The molecule has 116 valence electrons. The molecule has 0 bridgehead atoms. The summed E-state index contributed by atoms with van der Waals surface area (Å²) in [6, 6.07) is 6.68. The second-order valence-electron chi connectivity index (χ2n) is 5.29. The molecule has 0 amide bonds. The molecule has 0 radical (unpaired) electrons. The minimum Gasteiger partial charge on any atom is -1.00 e. The largest absolute Gasteiger partial charge is 1.00 e. The molecular weight excluding hydrogens is 294 g/mol. The van der Waals surface area contributed by atoms with Crippen molar-refractivity contribution in [2.75, 3.05) is 13.6 Å². The summed E-state index contributed by atoms with van der Waals surface area (Å²) in [5, 5.41) is 15.1. The molecule has 0 spiro atoms. The molecule has 2 unspecified atom stereocenters. The van der Waals surface area contributed by atoms with Gasteiger partial charge in [0.2, 0.25) is 5.75 Å². The van der Waals surface area contributed by atoms with Crippen LogP contribution in [0, 0.1) is 16.0 Å². The van der Waals surface area contributed by atoms with E-state index in [0.717, 1.165) is 18.7 Å². The van der Waals surface area contributed by atoms with Crippen LogP contribution < -0.4 is 17.2 Å². The van der Waals surface area contributed by atoms with Crippen LogP contribution in [0.4, 0.5) is 5.69 Å². The fourth-order valence-corrected chi connectivity index (χ4v) is 2.30. The number of nitrogens with zero attached hydrogens (tertiary/aromatic N) is 3. The molecule has 1 aliphatic rings. The summed E-state index contributed by atoms with van der Waals surface area (Å²) in [7, 11) is 2.08. The standard InChI is InChI=1S/C14H19N3O3.ClH/c1-10-9-16(3)11(2)8-12(10)15-20-14-7-5-4-6-13(14)17(18)19;/h4-7,10-11H,8-9H2,1-3H3;1H/p-1. The number of likely N-dealkylation sites (tertiary alicyclic amines) is 1. The highest BCUT2D eigenvalue weighted by Crippen LogP contribution is 2.27. The predicted molar refractivity (Wildman–Crippen MR) is 77.0 cm³/mol. The molecule has 1 aromatic rings. The predicted octanol–water partition coefficient (Wildman–Crippen LogP) is -0.306. The number of nitro groups is 1. The highest BCUT2D eigenvalue weighted by Gasteiger charge is 2.26. The highest BCUT2D eigenvalue weighted by atomic mass is 35.5. The van der Waals surface area contributed by atoms with Crippen molar-refractivity contribution < 1.29 is 22.2 Å². The molecule has 1 saturated heterocycles. The van der Waals surface area contributed by atoms with Crippen LogP contribution >= 0.6 is 0 Å². The van der Waals surface area contributed by atoms with E-state index in [4.69, 9.17) is 4.84 Å². The fraction of sp³-hybridized carbons (Fsp3) is 0.500. The molecule has 1 heterocycles. The third-order valence-electron chi connectivity index (χ3n) is 3.71. The van der Waals surface area contributed by atoms with E-state index in [-0.39, 0.29) is 23.8 Å². The van der Waals surface area contributed by atoms with Crippen LogP contribution in [0.25, 0.3) is 0 Å². The van der Waals surface area contributed by atoms with Gasteiger partial charge in [0.15, 0.2) is 0 Å². The minimum atomic E-state index is -0.462. The Labute approximate surface area is 130 Å². The first kappa shape index (κ1) is 17.4. The lowest BCUT2D eigenvalue weighted by Crippen LogP contribution is -3.00. The molecule has 0 saturated carbocycles. The molecule has 0 N–H and O–H groups in total. The van der Waals surface area contributed by atoms with Gasteiger partial charge in [-0.3, -0.25) is 10.1 Å². The zero-order valence-corrected chi connectivity index (χ0v) is 13.1. The maximum Gasteiger partial charge on any atom is 0.314 e. The van der Waals surface area contributed by atoms with Gasteiger partial charge in [-0.2, -0.15) is 0 Å². The van der Waals surface area contributed by atoms with Crippen molar-refractivity contribution in [2.24, 2.45) is 11.1 Å². The molecule has 6 nitrogen and oxygen atoms in total. The van der Waals surface area contributed by atoms with Crippen molar-refractivity contribution in [3.8, 4) is 5.75 Å². The summed E-state index contributed by atoms with van der Waals surface area (Å²) in [6.07, 6.45) is 0.818. The molecule has 7 heteroatoms. The van der Waals surface area contributed by atoms with Crippen LogP contribution in [0.1, 0.15) is 20.3 Å². The summed E-state index contributed by atoms with van der Waals surface area (Å²) in [5.74, 6) is 0.475. The van der Waals surface area contributed by atoms with E-state index >= 15 is 0 Å². The second kappa shape index (κ2) is 7.38. The first-order chi connectivity index (χ1) is 9.49. The smallest absolute Gasteiger partial charge is 0.314 e. The Hall–Kier alpha value is -1.66. The minimum absolute atomic E-state index is 0. The third-order valence-corrected chi connectivity index (χ3v) is 3.71. The Kier molecular flexibility index (Phi) is 6.11. The van der Waals surface area contributed by atoms with Crippen molar-refractivity contribution in [3.05, 3.63) is 34.4 Å². The van der Waals surface area contributed by atoms with Crippen LogP contribution in [0.3, 0.4) is 0 Å². The summed E-state index contributed by atoms with van der Waals surface area (Å²) in [6.45, 7) is 5.14. The zero-order valence-electron chi connectivity index (χ0n) is 12.3. The molecule has 0 aliphatic carbocycles. The van der Waals surface area contributed by atoms with E-state index in [1.165, 1.54) is 6.07 Å². The van der Waals surface area contributed by atoms with E-state index in [0.29, 0.717) is 12.0 Å². The van der Waals surface area contributed by atoms with Gasteiger partial charge in [0, 0.05) is 31.0 Å². The fourth-order valence-electron chi connectivity index (χ4n) is 2.30. The topological polar surface area (TPSA) is 68.0 Å². The number of halogens is 1. The molecule has 2 rings (SSSR count). The van der Waals surface area contributed by atoms with Crippen molar-refractivity contribution in [3.63, 3.8) is 0 Å². The molecule has 0 aromatic heterocycles. The van der Waals surface area contributed by atoms with Gasteiger partial charge in [-0.25, -0.2) is 0 Å². The summed E-state index contributed by atoms with van der Waals surface area (Å²) >= 11 is 0. The molecule has 1 fully saturated rings. The van der Waals surface area contributed by atoms with Crippen molar-refractivity contribution in [2.45, 2.75) is 26.3 Å². The average Bonchev–Trinajstić information content (AvgIpc) is 2.41. The number of rotatable bonds is 3. The lowest BCUT2D eigenvalue weighted by atomic mass is 9.93. The maximum atomic E-state index is 10.9. The van der Waals surface area contributed by atoms with Gasteiger partial charge in [-0.05, 0) is 20.0 Å². The Morgan fingerprint density at radius 2 is 2.05 bits per heavy atom. The second-order valence-corrected chi connectivity index (χ2v) is 5.29. The van der Waals surface area contributed by atoms with Gasteiger partial charge in [-0.1, -0.05) is 24.2 Å². The van der Waals surface area contributed by atoms with Crippen LogP contribution in [-0.4, -0.2) is 35.2 Å². The summed E-state index contributed by atoms with van der Waals surface area (Å²) in [4.78, 5) is 18.0. The first-order valence-corrected chi connectivity index (χ1v) is 6.66. The number of oxime groups is 1. The van der Waals surface area contributed by atoms with E-state index < -0.39 is 4.92 Å². The molecular formula is C14H19ClN3O3-. The van der Waals surface area contributed by atoms with Gasteiger partial charge < -0.3 is 22.1 Å². The van der Waals surface area contributed by atoms with Crippen LogP contribution in [0.2, 0.25) is 0 Å². The van der Waals surface area contributed by atoms with Crippen molar-refractivity contribution in [1.82, 2.24) is 4.90 Å². The molecule has 1 aromatic carbocycles. The summed E-state index contributed by atoms with van der Waals surface area (Å²) in [5.41, 5.74) is 0.888. The zero-order chi connectivity index (χ0) is 14.7. The van der Waals surface area contributed by atoms with Gasteiger partial charge in [0.1, 0.15) is 0 Å². The maximum absolute atomic E-state index is 10.9. The number of piperidine rings is 1. The Bertz CT molecular complexity index is 536. The normalized spacial score (nSPS) is 24.4. The number of hydrogen-bond donors (Lipinski definition) is 0.